The second-order valence-corrected chi connectivity index (χ2v) is 6.74. The smallest absolute Gasteiger partial charge is 0.231 e. The Balaban J connectivity index is 1.83. The lowest BCUT2D eigenvalue weighted by Crippen LogP contribution is -2.37. The number of ether oxygens (including phenoxy) is 4. The monoisotopic (exact) mass is 353 g/mol. The Bertz CT molecular complexity index is 923. The van der Waals surface area contributed by atoms with Crippen LogP contribution in [0.15, 0.2) is 18.2 Å². The number of methoxy groups -OCH3 is 2. The minimum atomic E-state index is 0.00588. The summed E-state index contributed by atoms with van der Waals surface area (Å²) in [7, 11) is 3.26. The maximum atomic E-state index is 11.7. The molecule has 5 rings (SSSR count). The average Bonchev–Trinajstić information content (AvgIpc) is 3.15. The van der Waals surface area contributed by atoms with Gasteiger partial charge < -0.3 is 23.8 Å². The van der Waals surface area contributed by atoms with Crippen LogP contribution >= 0.6 is 0 Å². The number of fused-ring (bicyclic) bond motifs is 4. The van der Waals surface area contributed by atoms with Crippen LogP contribution in [0.4, 0.5) is 0 Å². The molecule has 3 aliphatic rings. The normalized spacial score (nSPS) is 18.8. The first-order valence-electron chi connectivity index (χ1n) is 8.66. The minimum Gasteiger partial charge on any atom is -0.493 e. The number of benzene rings is 2. The third-order valence-corrected chi connectivity index (χ3v) is 5.59. The van der Waals surface area contributed by atoms with E-state index in [-0.39, 0.29) is 12.8 Å². The quantitative estimate of drug-likeness (QED) is 0.794. The highest BCUT2D eigenvalue weighted by Gasteiger charge is 2.39. The van der Waals surface area contributed by atoms with E-state index in [0.717, 1.165) is 47.4 Å². The SMILES string of the molecule is COc1cc2c(cc1OC)-c1c3c(cc4c1[C@@H](C2)N(C=O)CC4)OCO3. The molecule has 0 fully saturated rings. The molecule has 0 N–H and O–H groups in total. The van der Waals surface area contributed by atoms with Crippen molar-refractivity contribution in [3.8, 4) is 34.1 Å². The zero-order chi connectivity index (χ0) is 17.8. The summed E-state index contributed by atoms with van der Waals surface area (Å²) in [5.74, 6) is 2.90. The van der Waals surface area contributed by atoms with Crippen molar-refractivity contribution < 1.29 is 23.7 Å². The summed E-state index contributed by atoms with van der Waals surface area (Å²) >= 11 is 0. The van der Waals surface area contributed by atoms with Crippen molar-refractivity contribution in [1.82, 2.24) is 4.90 Å². The van der Waals surface area contributed by atoms with Crippen molar-refractivity contribution in [3.05, 3.63) is 34.9 Å². The largest absolute Gasteiger partial charge is 0.493 e. The van der Waals surface area contributed by atoms with Gasteiger partial charge in [0.25, 0.3) is 0 Å². The number of nitrogens with zero attached hydrogens (tertiary/aromatic N) is 1. The molecule has 0 unspecified atom stereocenters. The summed E-state index contributed by atoms with van der Waals surface area (Å²) < 4.78 is 22.5. The van der Waals surface area contributed by atoms with E-state index in [1.807, 2.05) is 17.0 Å². The van der Waals surface area contributed by atoms with Gasteiger partial charge in [-0.15, -0.1) is 0 Å². The van der Waals surface area contributed by atoms with Crippen molar-refractivity contribution in [2.45, 2.75) is 18.9 Å². The van der Waals surface area contributed by atoms with E-state index in [1.54, 1.807) is 14.2 Å². The number of carbonyl (C=O) groups excluding carboxylic acids is 1. The summed E-state index contributed by atoms with van der Waals surface area (Å²) in [5.41, 5.74) is 5.60. The third-order valence-electron chi connectivity index (χ3n) is 5.59. The molecular formula is C20H19NO5. The van der Waals surface area contributed by atoms with Gasteiger partial charge in [-0.1, -0.05) is 0 Å². The molecule has 6 nitrogen and oxygen atoms in total. The molecule has 0 aromatic heterocycles. The zero-order valence-corrected chi connectivity index (χ0v) is 14.7. The van der Waals surface area contributed by atoms with E-state index < -0.39 is 0 Å². The third kappa shape index (κ3) is 1.95. The Hall–Kier alpha value is -2.89. The molecule has 0 bridgehead atoms. The van der Waals surface area contributed by atoms with Crippen molar-refractivity contribution in [3.63, 3.8) is 0 Å². The molecule has 2 aliphatic heterocycles. The van der Waals surface area contributed by atoms with Crippen molar-refractivity contribution in [2.75, 3.05) is 27.6 Å². The Morgan fingerprint density at radius 1 is 1.12 bits per heavy atom. The second-order valence-electron chi connectivity index (χ2n) is 6.74. The predicted octanol–water partition coefficient (Wildman–Crippen LogP) is 2.71. The number of carbonyl (C=O) groups is 1. The van der Waals surface area contributed by atoms with Gasteiger partial charge in [-0.25, -0.2) is 0 Å². The van der Waals surface area contributed by atoms with Gasteiger partial charge in [0.05, 0.1) is 20.3 Å². The first-order valence-corrected chi connectivity index (χ1v) is 8.66. The molecule has 6 heteroatoms. The van der Waals surface area contributed by atoms with E-state index >= 15 is 0 Å². The summed E-state index contributed by atoms with van der Waals surface area (Å²) in [6, 6.07) is 6.08. The summed E-state index contributed by atoms with van der Waals surface area (Å²) in [4.78, 5) is 13.6. The van der Waals surface area contributed by atoms with Crippen molar-refractivity contribution >= 4 is 6.41 Å². The molecular weight excluding hydrogens is 334 g/mol. The van der Waals surface area contributed by atoms with Crippen LogP contribution in [0.1, 0.15) is 22.7 Å². The highest BCUT2D eigenvalue weighted by atomic mass is 16.7. The standard InChI is InChI=1S/C20H19NO5/c1-23-15-7-12-5-14-18-11(3-4-21(14)9-22)6-17-20(26-10-25-17)19(18)13(12)8-16(15)24-2/h6-9,14H,3-5,10H2,1-2H3/t14-/m1/s1. The predicted molar refractivity (Wildman–Crippen MR) is 94.0 cm³/mol. The van der Waals surface area contributed by atoms with Gasteiger partial charge in [-0.2, -0.15) is 0 Å². The fourth-order valence-corrected chi connectivity index (χ4v) is 4.41. The van der Waals surface area contributed by atoms with Gasteiger partial charge in [-0.05, 0) is 53.3 Å². The fraction of sp³-hybridized carbons (Fsp3) is 0.350. The molecule has 26 heavy (non-hydrogen) atoms. The fourth-order valence-electron chi connectivity index (χ4n) is 4.41. The van der Waals surface area contributed by atoms with Gasteiger partial charge in [0, 0.05) is 12.1 Å². The molecule has 0 saturated carbocycles. The Morgan fingerprint density at radius 3 is 2.69 bits per heavy atom. The molecule has 2 heterocycles. The van der Waals surface area contributed by atoms with Crippen LogP contribution in [0.3, 0.4) is 0 Å². The van der Waals surface area contributed by atoms with Gasteiger partial charge in [0.1, 0.15) is 0 Å². The van der Waals surface area contributed by atoms with E-state index in [0.29, 0.717) is 18.0 Å². The zero-order valence-electron chi connectivity index (χ0n) is 14.7. The molecule has 2 aromatic carbocycles. The van der Waals surface area contributed by atoms with E-state index in [4.69, 9.17) is 18.9 Å². The molecule has 0 saturated heterocycles. The van der Waals surface area contributed by atoms with Crippen molar-refractivity contribution in [2.24, 2.45) is 0 Å². The maximum Gasteiger partial charge on any atom is 0.231 e. The molecule has 1 amide bonds. The molecule has 1 atom stereocenters. The highest BCUT2D eigenvalue weighted by Crippen LogP contribution is 2.55. The molecule has 0 radical (unpaired) electrons. The molecule has 1 aliphatic carbocycles. The number of amides is 1. The maximum absolute atomic E-state index is 11.7. The first-order chi connectivity index (χ1) is 12.7. The first kappa shape index (κ1) is 15.4. The second kappa shape index (κ2) is 5.56. The van der Waals surface area contributed by atoms with Gasteiger partial charge in [0.2, 0.25) is 13.2 Å². The lowest BCUT2D eigenvalue weighted by molar-refractivity contribution is -0.120. The molecule has 2 aromatic rings. The summed E-state index contributed by atoms with van der Waals surface area (Å²) in [6.07, 6.45) is 2.51. The van der Waals surface area contributed by atoms with Gasteiger partial charge in [-0.3, -0.25) is 4.79 Å². The number of rotatable bonds is 3. The minimum absolute atomic E-state index is 0.00588. The van der Waals surface area contributed by atoms with Crippen LogP contribution in [0.25, 0.3) is 11.1 Å². The lowest BCUT2D eigenvalue weighted by atomic mass is 9.76. The summed E-state index contributed by atoms with van der Waals surface area (Å²) in [6.45, 7) is 0.929. The Labute approximate surface area is 151 Å². The molecule has 134 valence electrons. The van der Waals surface area contributed by atoms with E-state index in [2.05, 4.69) is 6.07 Å². The van der Waals surface area contributed by atoms with Crippen LogP contribution < -0.4 is 18.9 Å². The topological polar surface area (TPSA) is 57.2 Å². The van der Waals surface area contributed by atoms with Crippen LogP contribution in [0.2, 0.25) is 0 Å². The van der Waals surface area contributed by atoms with Crippen LogP contribution in [-0.2, 0) is 17.6 Å². The van der Waals surface area contributed by atoms with Crippen LogP contribution in [0, 0.1) is 0 Å². The summed E-state index contributed by atoms with van der Waals surface area (Å²) in [5, 5.41) is 0. The molecule has 0 spiro atoms. The lowest BCUT2D eigenvalue weighted by Gasteiger charge is -2.40. The number of hydrogen-bond donors (Lipinski definition) is 0. The van der Waals surface area contributed by atoms with Crippen LogP contribution in [-0.4, -0.2) is 38.9 Å². The van der Waals surface area contributed by atoms with Crippen LogP contribution in [0.5, 0.6) is 23.0 Å². The Morgan fingerprint density at radius 2 is 1.92 bits per heavy atom. The average molecular weight is 353 g/mol. The number of hydrogen-bond acceptors (Lipinski definition) is 5. The Kier molecular flexibility index (Phi) is 3.29. The van der Waals surface area contributed by atoms with E-state index in [9.17, 15) is 4.79 Å². The van der Waals surface area contributed by atoms with Crippen molar-refractivity contribution in [1.29, 1.82) is 0 Å². The van der Waals surface area contributed by atoms with Gasteiger partial charge in [0.15, 0.2) is 23.0 Å². The van der Waals surface area contributed by atoms with E-state index in [1.165, 1.54) is 11.1 Å². The highest BCUT2D eigenvalue weighted by molar-refractivity contribution is 5.85. The van der Waals surface area contributed by atoms with Gasteiger partial charge >= 0.3 is 0 Å².